The molecule has 27 heavy (non-hydrogen) atoms. The molecule has 1 aromatic carbocycles. The minimum Gasteiger partial charge on any atom is -0.362 e. The van der Waals surface area contributed by atoms with Crippen molar-refractivity contribution < 1.29 is 22.8 Å². The maximum atomic E-state index is 12.7. The van der Waals surface area contributed by atoms with Crippen LogP contribution in [0.2, 0.25) is 0 Å². The highest BCUT2D eigenvalue weighted by Crippen LogP contribution is 2.31. The number of H-pyrrole nitrogens is 1. The van der Waals surface area contributed by atoms with Gasteiger partial charge in [0.2, 0.25) is 0 Å². The fourth-order valence-electron chi connectivity index (χ4n) is 3.37. The third kappa shape index (κ3) is 4.15. The SMILES string of the molecule is CCc1c(C)[nH]c2c1/C(=N/OC(=O)Nc1cccc(C(F)(F)F)c1)CCC2. The van der Waals surface area contributed by atoms with Gasteiger partial charge >= 0.3 is 12.3 Å². The first kappa shape index (κ1) is 19.0. The van der Waals surface area contributed by atoms with Gasteiger partial charge in [-0.3, -0.25) is 10.2 Å². The van der Waals surface area contributed by atoms with E-state index in [1.807, 2.05) is 13.8 Å². The molecule has 0 unspecified atom stereocenters. The van der Waals surface area contributed by atoms with Gasteiger partial charge in [-0.2, -0.15) is 13.2 Å². The number of carbonyl (C=O) groups excluding carboxylic acids is 1. The number of aromatic amines is 1. The normalized spacial score (nSPS) is 15.5. The number of halogens is 3. The van der Waals surface area contributed by atoms with Crippen LogP contribution in [0.1, 0.15) is 47.8 Å². The van der Waals surface area contributed by atoms with Gasteiger partial charge in [-0.1, -0.05) is 18.1 Å². The zero-order chi connectivity index (χ0) is 19.6. The van der Waals surface area contributed by atoms with Gasteiger partial charge in [0, 0.05) is 22.6 Å². The summed E-state index contributed by atoms with van der Waals surface area (Å²) in [6, 6.07) is 4.35. The van der Waals surface area contributed by atoms with Crippen molar-refractivity contribution in [2.75, 3.05) is 5.32 Å². The molecule has 1 heterocycles. The van der Waals surface area contributed by atoms with Crippen LogP contribution in [0, 0.1) is 6.92 Å². The molecule has 1 aliphatic rings. The molecule has 0 aliphatic heterocycles. The van der Waals surface area contributed by atoms with E-state index in [0.29, 0.717) is 12.1 Å². The van der Waals surface area contributed by atoms with Crippen molar-refractivity contribution in [1.82, 2.24) is 4.98 Å². The molecular formula is C19H20F3N3O2. The number of rotatable bonds is 3. The average Bonchev–Trinajstić information content (AvgIpc) is 2.95. The average molecular weight is 379 g/mol. The van der Waals surface area contributed by atoms with E-state index in [9.17, 15) is 18.0 Å². The van der Waals surface area contributed by atoms with Crippen molar-refractivity contribution in [1.29, 1.82) is 0 Å². The summed E-state index contributed by atoms with van der Waals surface area (Å²) in [5.74, 6) is 0. The standard InChI is InChI=1S/C19H20F3N3O2/c1-3-14-11(2)23-15-8-5-9-16(17(14)15)25-27-18(26)24-13-7-4-6-12(10-13)19(20,21)22/h4,6-7,10,23H,3,5,8-9H2,1-2H3,(H,24,26)/b25-16+. The second-order valence-electron chi connectivity index (χ2n) is 6.41. The number of fused-ring (bicyclic) bond motifs is 1. The number of benzene rings is 1. The lowest BCUT2D eigenvalue weighted by Crippen LogP contribution is -2.16. The van der Waals surface area contributed by atoms with Gasteiger partial charge in [-0.15, -0.1) is 0 Å². The second-order valence-corrected chi connectivity index (χ2v) is 6.41. The molecule has 1 amide bonds. The van der Waals surface area contributed by atoms with Crippen LogP contribution in [0.3, 0.4) is 0 Å². The van der Waals surface area contributed by atoms with Crippen LogP contribution in [0.5, 0.6) is 0 Å². The molecule has 144 valence electrons. The molecular weight excluding hydrogens is 359 g/mol. The summed E-state index contributed by atoms with van der Waals surface area (Å²) < 4.78 is 38.2. The van der Waals surface area contributed by atoms with Gasteiger partial charge in [0.25, 0.3) is 0 Å². The van der Waals surface area contributed by atoms with Crippen molar-refractivity contribution in [3.05, 3.63) is 52.3 Å². The number of oxime groups is 1. The van der Waals surface area contributed by atoms with Crippen molar-refractivity contribution in [3.8, 4) is 0 Å². The summed E-state index contributed by atoms with van der Waals surface area (Å²) in [5.41, 5.74) is 4.11. The van der Waals surface area contributed by atoms with Crippen molar-refractivity contribution in [2.24, 2.45) is 5.16 Å². The number of amides is 1. The van der Waals surface area contributed by atoms with Crippen LogP contribution in [-0.2, 0) is 23.9 Å². The van der Waals surface area contributed by atoms with Gasteiger partial charge in [0.05, 0.1) is 11.3 Å². The molecule has 0 atom stereocenters. The predicted octanol–water partition coefficient (Wildman–Crippen LogP) is 5.19. The van der Waals surface area contributed by atoms with Gasteiger partial charge in [-0.05, 0) is 56.4 Å². The van der Waals surface area contributed by atoms with Crippen molar-refractivity contribution >= 4 is 17.5 Å². The fourth-order valence-corrected chi connectivity index (χ4v) is 3.37. The molecule has 2 aromatic rings. The molecule has 0 spiro atoms. The Balaban J connectivity index is 1.74. The monoisotopic (exact) mass is 379 g/mol. The van der Waals surface area contributed by atoms with Crippen LogP contribution >= 0.6 is 0 Å². The Morgan fingerprint density at radius 3 is 2.81 bits per heavy atom. The van der Waals surface area contributed by atoms with Crippen molar-refractivity contribution in [2.45, 2.75) is 45.7 Å². The molecule has 1 aromatic heterocycles. The van der Waals surface area contributed by atoms with E-state index in [1.165, 1.54) is 12.1 Å². The number of carbonyl (C=O) groups is 1. The summed E-state index contributed by atoms with van der Waals surface area (Å²) in [4.78, 5) is 20.2. The highest BCUT2D eigenvalue weighted by molar-refractivity contribution is 6.04. The van der Waals surface area contributed by atoms with E-state index in [-0.39, 0.29) is 5.69 Å². The minimum atomic E-state index is -4.48. The number of aryl methyl sites for hydroxylation is 2. The third-order valence-corrected chi connectivity index (χ3v) is 4.55. The molecule has 0 fully saturated rings. The third-order valence-electron chi connectivity index (χ3n) is 4.55. The second kappa shape index (κ2) is 7.46. The van der Waals surface area contributed by atoms with Crippen LogP contribution in [0.15, 0.2) is 29.4 Å². The van der Waals surface area contributed by atoms with Gasteiger partial charge in [0.15, 0.2) is 0 Å². The maximum absolute atomic E-state index is 12.7. The van der Waals surface area contributed by atoms with E-state index >= 15 is 0 Å². The summed E-state index contributed by atoms with van der Waals surface area (Å²) in [6.45, 7) is 4.04. The first-order chi connectivity index (χ1) is 12.8. The zero-order valence-corrected chi connectivity index (χ0v) is 15.0. The maximum Gasteiger partial charge on any atom is 0.437 e. The number of aromatic nitrogens is 1. The molecule has 1 aliphatic carbocycles. The van der Waals surface area contributed by atoms with Gasteiger partial charge in [0.1, 0.15) is 0 Å². The van der Waals surface area contributed by atoms with Crippen LogP contribution in [0.4, 0.5) is 23.7 Å². The number of alkyl halides is 3. The minimum absolute atomic E-state index is 0.00825. The van der Waals surface area contributed by atoms with E-state index in [1.54, 1.807) is 0 Å². The Kier molecular flexibility index (Phi) is 5.25. The van der Waals surface area contributed by atoms with Crippen LogP contribution in [0.25, 0.3) is 0 Å². The molecule has 0 saturated heterocycles. The largest absolute Gasteiger partial charge is 0.437 e. The topological polar surface area (TPSA) is 66.5 Å². The number of nitrogens with zero attached hydrogens (tertiary/aromatic N) is 1. The molecule has 8 heteroatoms. The summed E-state index contributed by atoms with van der Waals surface area (Å²) in [5, 5.41) is 6.25. The Bertz CT molecular complexity index is 885. The van der Waals surface area contributed by atoms with E-state index in [0.717, 1.165) is 53.9 Å². The first-order valence-electron chi connectivity index (χ1n) is 8.72. The molecule has 2 N–H and O–H groups in total. The Labute approximate surface area is 154 Å². The number of hydrogen-bond acceptors (Lipinski definition) is 3. The van der Waals surface area contributed by atoms with Crippen LogP contribution in [-0.4, -0.2) is 16.8 Å². The molecule has 3 rings (SSSR count). The number of nitrogens with one attached hydrogen (secondary N) is 2. The Hall–Kier alpha value is -2.77. The smallest absolute Gasteiger partial charge is 0.362 e. The molecule has 0 radical (unpaired) electrons. The van der Waals surface area contributed by atoms with Gasteiger partial charge in [-0.25, -0.2) is 4.79 Å². The number of anilines is 1. The summed E-state index contributed by atoms with van der Waals surface area (Å²) >= 11 is 0. The highest BCUT2D eigenvalue weighted by Gasteiger charge is 2.30. The molecule has 0 bridgehead atoms. The predicted molar refractivity (Wildman–Crippen MR) is 95.9 cm³/mol. The lowest BCUT2D eigenvalue weighted by molar-refractivity contribution is -0.137. The Morgan fingerprint density at radius 2 is 2.11 bits per heavy atom. The lowest BCUT2D eigenvalue weighted by Gasteiger charge is -2.15. The summed E-state index contributed by atoms with van der Waals surface area (Å²) in [6.07, 6.45) is -2.12. The van der Waals surface area contributed by atoms with Gasteiger partial charge < -0.3 is 4.98 Å². The van der Waals surface area contributed by atoms with E-state index in [2.05, 4.69) is 15.5 Å². The summed E-state index contributed by atoms with van der Waals surface area (Å²) in [7, 11) is 0. The first-order valence-corrected chi connectivity index (χ1v) is 8.72. The molecule has 5 nitrogen and oxygen atoms in total. The quantitative estimate of drug-likeness (QED) is 0.569. The van der Waals surface area contributed by atoms with E-state index < -0.39 is 17.8 Å². The van der Waals surface area contributed by atoms with E-state index in [4.69, 9.17) is 4.84 Å². The molecule has 0 saturated carbocycles. The van der Waals surface area contributed by atoms with Crippen LogP contribution < -0.4 is 5.32 Å². The van der Waals surface area contributed by atoms with Crippen molar-refractivity contribution in [3.63, 3.8) is 0 Å². The lowest BCUT2D eigenvalue weighted by atomic mass is 9.92. The highest BCUT2D eigenvalue weighted by atomic mass is 19.4. The fraction of sp³-hybridized carbons (Fsp3) is 0.368. The number of hydrogen-bond donors (Lipinski definition) is 2. The zero-order valence-electron chi connectivity index (χ0n) is 15.0. The Morgan fingerprint density at radius 1 is 1.33 bits per heavy atom.